The average Bonchev–Trinajstić information content (AvgIpc) is 3.20. The van der Waals surface area contributed by atoms with Crippen LogP contribution in [0.4, 0.5) is 5.69 Å². The third-order valence-corrected chi connectivity index (χ3v) is 4.63. The summed E-state index contributed by atoms with van der Waals surface area (Å²) in [6, 6.07) is 17.5. The molecule has 0 bridgehead atoms. The van der Waals surface area contributed by atoms with E-state index < -0.39 is 0 Å². The highest BCUT2D eigenvalue weighted by Gasteiger charge is 2.22. The molecule has 1 fully saturated rings. The van der Waals surface area contributed by atoms with Gasteiger partial charge in [-0.15, -0.1) is 12.4 Å². The number of benzene rings is 2. The fraction of sp³-hybridized carbons (Fsp3) is 0.250. The topological polar surface area (TPSA) is 82.7 Å². The molecule has 0 spiro atoms. The van der Waals surface area contributed by atoms with Crippen LogP contribution in [0.15, 0.2) is 54.6 Å². The predicted molar refractivity (Wildman–Crippen MR) is 109 cm³/mol. The summed E-state index contributed by atoms with van der Waals surface area (Å²) in [5.41, 5.74) is 2.53. The first-order valence-electron chi connectivity index (χ1n) is 8.90. The number of carbonyl (C=O) groups is 1. The zero-order chi connectivity index (χ0) is 17.8. The van der Waals surface area contributed by atoms with Gasteiger partial charge >= 0.3 is 0 Å². The van der Waals surface area contributed by atoms with Crippen molar-refractivity contribution in [2.75, 3.05) is 18.4 Å². The van der Waals surface area contributed by atoms with E-state index in [-0.39, 0.29) is 24.2 Å². The van der Waals surface area contributed by atoms with E-state index >= 15 is 0 Å². The quantitative estimate of drug-likeness (QED) is 0.644. The SMILES string of the molecule is Cl.O=C(Nc1ccccc1-c1nc(-c2ccccc2)n[nH]1)C1CCCNC1. The number of aromatic nitrogens is 3. The van der Waals surface area contributed by atoms with Crippen LogP contribution < -0.4 is 10.6 Å². The van der Waals surface area contributed by atoms with Crippen molar-refractivity contribution in [2.24, 2.45) is 5.92 Å². The average molecular weight is 384 g/mol. The second-order valence-corrected chi connectivity index (χ2v) is 6.45. The monoisotopic (exact) mass is 383 g/mol. The number of rotatable bonds is 4. The maximum Gasteiger partial charge on any atom is 0.228 e. The van der Waals surface area contributed by atoms with Crippen molar-refractivity contribution in [3.8, 4) is 22.8 Å². The number of halogens is 1. The number of aromatic amines is 1. The van der Waals surface area contributed by atoms with Gasteiger partial charge in [-0.25, -0.2) is 4.98 Å². The molecule has 3 N–H and O–H groups in total. The van der Waals surface area contributed by atoms with Gasteiger partial charge in [0, 0.05) is 17.7 Å². The minimum atomic E-state index is 0. The molecule has 1 saturated heterocycles. The van der Waals surface area contributed by atoms with Gasteiger partial charge in [0.2, 0.25) is 5.91 Å². The molecule has 0 radical (unpaired) electrons. The number of para-hydroxylation sites is 1. The van der Waals surface area contributed by atoms with Crippen LogP contribution in [0, 0.1) is 5.92 Å². The first-order chi connectivity index (χ1) is 12.8. The molecule has 1 aromatic heterocycles. The molecule has 1 aliphatic rings. The van der Waals surface area contributed by atoms with Gasteiger partial charge in [0.1, 0.15) is 0 Å². The van der Waals surface area contributed by atoms with Crippen molar-refractivity contribution in [1.82, 2.24) is 20.5 Å². The van der Waals surface area contributed by atoms with Gasteiger partial charge in [-0.2, -0.15) is 5.10 Å². The van der Waals surface area contributed by atoms with Gasteiger partial charge in [-0.1, -0.05) is 42.5 Å². The highest BCUT2D eigenvalue weighted by molar-refractivity contribution is 5.96. The Bertz CT molecular complexity index is 890. The van der Waals surface area contributed by atoms with Crippen molar-refractivity contribution >= 4 is 24.0 Å². The number of amides is 1. The lowest BCUT2D eigenvalue weighted by atomic mass is 9.98. The predicted octanol–water partition coefficient (Wildman–Crippen LogP) is 3.50. The lowest BCUT2D eigenvalue weighted by molar-refractivity contribution is -0.120. The van der Waals surface area contributed by atoms with Crippen LogP contribution in [-0.2, 0) is 4.79 Å². The highest BCUT2D eigenvalue weighted by atomic mass is 35.5. The number of carbonyl (C=O) groups excluding carboxylic acids is 1. The molecule has 6 nitrogen and oxygen atoms in total. The first kappa shape index (κ1) is 19.1. The van der Waals surface area contributed by atoms with Crippen LogP contribution in [-0.4, -0.2) is 34.2 Å². The molecular weight excluding hydrogens is 362 g/mol. The summed E-state index contributed by atoms with van der Waals surface area (Å²) in [5.74, 6) is 1.33. The lowest BCUT2D eigenvalue weighted by Crippen LogP contribution is -2.37. The maximum absolute atomic E-state index is 12.6. The standard InChI is InChI=1S/C20H21N5O.ClH/c26-20(15-9-6-12-21-13-15)22-17-11-5-4-10-16(17)19-23-18(24-25-19)14-7-2-1-3-8-14;/h1-5,7-8,10-11,15,21H,6,9,12-13H2,(H,22,26)(H,23,24,25);1H. The highest BCUT2D eigenvalue weighted by Crippen LogP contribution is 2.27. The van der Waals surface area contributed by atoms with Crippen LogP contribution in [0.1, 0.15) is 12.8 Å². The summed E-state index contributed by atoms with van der Waals surface area (Å²) < 4.78 is 0. The van der Waals surface area contributed by atoms with E-state index in [0.29, 0.717) is 11.6 Å². The lowest BCUT2D eigenvalue weighted by Gasteiger charge is -2.22. The Labute approximate surface area is 164 Å². The Hall–Kier alpha value is -2.70. The Kier molecular flexibility index (Phi) is 6.21. The smallest absolute Gasteiger partial charge is 0.228 e. The number of hydrogen-bond acceptors (Lipinski definition) is 4. The second-order valence-electron chi connectivity index (χ2n) is 6.45. The molecule has 2 aromatic carbocycles. The number of anilines is 1. The summed E-state index contributed by atoms with van der Waals surface area (Å²) in [5, 5.41) is 13.6. The van der Waals surface area contributed by atoms with E-state index in [2.05, 4.69) is 25.8 Å². The van der Waals surface area contributed by atoms with E-state index in [1.165, 1.54) is 0 Å². The van der Waals surface area contributed by atoms with E-state index in [1.807, 2.05) is 54.6 Å². The van der Waals surface area contributed by atoms with Crippen LogP contribution in [0.2, 0.25) is 0 Å². The zero-order valence-electron chi connectivity index (χ0n) is 14.8. The molecule has 4 rings (SSSR count). The van der Waals surface area contributed by atoms with Crippen LogP contribution in [0.3, 0.4) is 0 Å². The number of nitrogens with zero attached hydrogens (tertiary/aromatic N) is 2. The molecule has 1 unspecified atom stereocenters. The molecule has 3 aromatic rings. The fourth-order valence-corrected chi connectivity index (χ4v) is 3.21. The van der Waals surface area contributed by atoms with Crippen molar-refractivity contribution in [3.63, 3.8) is 0 Å². The van der Waals surface area contributed by atoms with Gasteiger partial charge in [0.05, 0.1) is 11.6 Å². The third-order valence-electron chi connectivity index (χ3n) is 4.63. The molecule has 2 heterocycles. The van der Waals surface area contributed by atoms with Crippen molar-refractivity contribution in [3.05, 3.63) is 54.6 Å². The van der Waals surface area contributed by atoms with Crippen LogP contribution >= 0.6 is 12.4 Å². The largest absolute Gasteiger partial charge is 0.325 e. The molecule has 1 aliphatic heterocycles. The number of nitrogens with one attached hydrogen (secondary N) is 3. The Morgan fingerprint density at radius 2 is 1.85 bits per heavy atom. The Morgan fingerprint density at radius 1 is 1.07 bits per heavy atom. The molecular formula is C20H22ClN5O. The maximum atomic E-state index is 12.6. The summed E-state index contributed by atoms with van der Waals surface area (Å²) in [7, 11) is 0. The van der Waals surface area contributed by atoms with Crippen molar-refractivity contribution in [2.45, 2.75) is 12.8 Å². The number of H-pyrrole nitrogens is 1. The van der Waals surface area contributed by atoms with Crippen molar-refractivity contribution < 1.29 is 4.79 Å². The van der Waals surface area contributed by atoms with Crippen LogP contribution in [0.25, 0.3) is 22.8 Å². The van der Waals surface area contributed by atoms with Gasteiger partial charge in [-0.05, 0) is 31.5 Å². The second kappa shape index (κ2) is 8.79. The zero-order valence-corrected chi connectivity index (χ0v) is 15.6. The Balaban J connectivity index is 0.00000210. The molecule has 7 heteroatoms. The summed E-state index contributed by atoms with van der Waals surface area (Å²) >= 11 is 0. The fourth-order valence-electron chi connectivity index (χ4n) is 3.21. The minimum Gasteiger partial charge on any atom is -0.325 e. The summed E-state index contributed by atoms with van der Waals surface area (Å²) in [4.78, 5) is 17.2. The third kappa shape index (κ3) is 4.35. The van der Waals surface area contributed by atoms with E-state index in [1.54, 1.807) is 0 Å². The van der Waals surface area contributed by atoms with Gasteiger partial charge in [-0.3, -0.25) is 9.89 Å². The van der Waals surface area contributed by atoms with E-state index in [4.69, 9.17) is 0 Å². The normalized spacial score (nSPS) is 16.4. The van der Waals surface area contributed by atoms with Crippen molar-refractivity contribution in [1.29, 1.82) is 0 Å². The molecule has 140 valence electrons. The number of piperidine rings is 1. The minimum absolute atomic E-state index is 0. The summed E-state index contributed by atoms with van der Waals surface area (Å²) in [6.07, 6.45) is 1.95. The molecule has 1 atom stereocenters. The molecule has 0 aliphatic carbocycles. The van der Waals surface area contributed by atoms with Gasteiger partial charge in [0.25, 0.3) is 0 Å². The molecule has 27 heavy (non-hydrogen) atoms. The first-order valence-corrected chi connectivity index (χ1v) is 8.90. The number of hydrogen-bond donors (Lipinski definition) is 3. The van der Waals surface area contributed by atoms with Gasteiger partial charge < -0.3 is 10.6 Å². The van der Waals surface area contributed by atoms with E-state index in [0.717, 1.165) is 42.7 Å². The summed E-state index contributed by atoms with van der Waals surface area (Å²) in [6.45, 7) is 1.72. The molecule has 1 amide bonds. The Morgan fingerprint density at radius 3 is 2.63 bits per heavy atom. The van der Waals surface area contributed by atoms with Gasteiger partial charge in [0.15, 0.2) is 11.6 Å². The van der Waals surface area contributed by atoms with E-state index in [9.17, 15) is 4.79 Å². The molecule has 0 saturated carbocycles. The van der Waals surface area contributed by atoms with Crippen LogP contribution in [0.5, 0.6) is 0 Å².